The van der Waals surface area contributed by atoms with Crippen molar-refractivity contribution >= 4 is 0 Å². The van der Waals surface area contributed by atoms with Crippen molar-refractivity contribution in [1.82, 2.24) is 4.90 Å². The average molecular weight is 300 g/mol. The molecule has 1 atom stereocenters. The van der Waals surface area contributed by atoms with Gasteiger partial charge in [-0.2, -0.15) is 0 Å². The number of aliphatic hydroxyl groups is 1. The molecule has 0 aromatic heterocycles. The SMILES string of the molecule is [2H]c1c([2H])c([C@@H](C([2H])([2H])N(C)C([2H])([2H])[2H])C2(O)C([2H])([2H])C([2H])([2H])C([2H])([2H])C([2H])([2H])C2([2H])[2H])c([2H])c([2H])c1OC([2H])([2H])[2H]. The lowest BCUT2D eigenvalue weighted by Crippen LogP contribution is -2.42. The molecule has 3 nitrogen and oxygen atoms in total. The number of hydrogen-bond acceptors (Lipinski definition) is 3. The van der Waals surface area contributed by atoms with Crippen LogP contribution in [0.15, 0.2) is 24.2 Å². The zero-order chi connectivity index (χ0) is 33.8. The van der Waals surface area contributed by atoms with E-state index in [0.717, 1.165) is 0 Å². The standard InChI is InChI=1S/C17H27NO2/c1-18(2)13-16(17(19)11-5-4-6-12-17)14-7-9-15(20-3)10-8-14/h7-10,16,19H,4-6,11-13H2,1-3H3/t16-/m1/s1/i1D3,3D3,4D2,5D2,6D2,7D,8D,9D,10D,11D2,12D2,13D2. The zero-order valence-corrected chi connectivity index (χ0v) is 10.4. The first kappa shape index (κ1) is 3.47. The minimum Gasteiger partial charge on any atom is -0.497 e. The Morgan fingerprint density at radius 2 is 2.15 bits per heavy atom. The number of hydrogen-bond donors (Lipinski definition) is 1. The summed E-state index contributed by atoms with van der Waals surface area (Å²) in [6.07, 6.45) is -21.4. The molecule has 1 N–H and O–H groups in total. The van der Waals surface area contributed by atoms with E-state index < -0.39 is 99.4 Å². The third kappa shape index (κ3) is 3.53. The summed E-state index contributed by atoms with van der Waals surface area (Å²) in [5, 5.41) is 12.0. The van der Waals surface area contributed by atoms with Gasteiger partial charge in [-0.3, -0.25) is 0 Å². The molecule has 1 aromatic carbocycles. The van der Waals surface area contributed by atoms with Gasteiger partial charge in [0.05, 0.1) is 22.2 Å². The van der Waals surface area contributed by atoms with Crippen molar-refractivity contribution in [2.24, 2.45) is 0 Å². The highest BCUT2D eigenvalue weighted by Gasteiger charge is 2.38. The minimum absolute atomic E-state index is 0.206. The largest absolute Gasteiger partial charge is 0.497 e. The van der Waals surface area contributed by atoms with Gasteiger partial charge in [-0.1, -0.05) is 31.2 Å². The van der Waals surface area contributed by atoms with Crippen LogP contribution in [0.1, 0.15) is 73.5 Å². The molecular formula is C17H27NO2. The van der Waals surface area contributed by atoms with E-state index in [1.165, 1.54) is 0 Å². The van der Waals surface area contributed by atoms with Gasteiger partial charge < -0.3 is 14.7 Å². The second kappa shape index (κ2) is 6.59. The van der Waals surface area contributed by atoms with Gasteiger partial charge in [0.15, 0.2) is 0 Å². The molecule has 0 heterocycles. The van der Waals surface area contributed by atoms with Gasteiger partial charge >= 0.3 is 0 Å². The molecule has 2 rings (SSSR count). The third-order valence-corrected chi connectivity index (χ3v) is 2.38. The van der Waals surface area contributed by atoms with Gasteiger partial charge in [0, 0.05) is 33.0 Å². The van der Waals surface area contributed by atoms with E-state index in [9.17, 15) is 5.11 Å². The van der Waals surface area contributed by atoms with Crippen LogP contribution in [0, 0.1) is 0 Å². The van der Waals surface area contributed by atoms with Crippen molar-refractivity contribution in [2.75, 3.05) is 27.6 Å². The minimum atomic E-state index is -4.56. The van der Waals surface area contributed by atoms with Gasteiger partial charge in [-0.25, -0.2) is 0 Å². The summed E-state index contributed by atoms with van der Waals surface area (Å²) in [5.74, 6) is -4.63. The normalized spacial score (nSPS) is 50.5. The third-order valence-electron chi connectivity index (χ3n) is 2.38. The van der Waals surface area contributed by atoms with E-state index in [0.29, 0.717) is 7.05 Å². The van der Waals surface area contributed by atoms with E-state index in [1.807, 2.05) is 0 Å². The van der Waals surface area contributed by atoms with Crippen molar-refractivity contribution in [3.63, 3.8) is 0 Å². The predicted molar refractivity (Wildman–Crippen MR) is 82.3 cm³/mol. The first-order valence-corrected chi connectivity index (χ1v) is 5.39. The maximum atomic E-state index is 12.0. The summed E-state index contributed by atoms with van der Waals surface area (Å²) in [6, 6.07) is -5.78. The Balaban J connectivity index is 3.32. The van der Waals surface area contributed by atoms with Crippen molar-refractivity contribution in [1.29, 1.82) is 0 Å². The lowest BCUT2D eigenvalue weighted by molar-refractivity contribution is -0.0277. The fraction of sp³-hybridized carbons (Fsp3) is 0.647. The van der Waals surface area contributed by atoms with Crippen LogP contribution in [-0.2, 0) is 0 Å². The van der Waals surface area contributed by atoms with Crippen LogP contribution in [0.4, 0.5) is 0 Å². The molecule has 0 bridgehead atoms. The molecule has 112 valence electrons. The molecule has 20 heavy (non-hydrogen) atoms. The molecule has 1 fully saturated rings. The molecule has 0 saturated heterocycles. The fourth-order valence-corrected chi connectivity index (χ4v) is 1.53. The number of ether oxygens (including phenoxy) is 1. The molecule has 0 aliphatic heterocycles. The summed E-state index contributed by atoms with van der Waals surface area (Å²) in [4.78, 5) is -0.206. The summed E-state index contributed by atoms with van der Waals surface area (Å²) >= 11 is 0. The van der Waals surface area contributed by atoms with Crippen molar-refractivity contribution in [3.8, 4) is 5.75 Å². The highest BCUT2D eigenvalue weighted by Crippen LogP contribution is 2.40. The molecule has 0 spiro atoms. The predicted octanol–water partition coefficient (Wildman–Crippen LogP) is 3.04. The number of nitrogens with zero attached hydrogens (tertiary/aromatic N) is 1. The quantitative estimate of drug-likeness (QED) is 0.907. The number of rotatable bonds is 5. The first-order valence-electron chi connectivity index (χ1n) is 16.4. The molecule has 3 heteroatoms. The summed E-state index contributed by atoms with van der Waals surface area (Å²) < 4.78 is 182. The maximum absolute atomic E-state index is 12.0. The zero-order valence-electron chi connectivity index (χ0n) is 32.4. The van der Waals surface area contributed by atoms with Crippen LogP contribution in [0.25, 0.3) is 0 Å². The van der Waals surface area contributed by atoms with Crippen LogP contribution in [-0.4, -0.2) is 43.2 Å². The topological polar surface area (TPSA) is 32.7 Å². The monoisotopic (exact) mass is 299 g/mol. The Kier molecular flexibility index (Phi) is 1.14. The van der Waals surface area contributed by atoms with Crippen LogP contribution in [0.3, 0.4) is 0 Å². The molecule has 0 radical (unpaired) electrons. The van der Waals surface area contributed by atoms with Crippen LogP contribution in [0.2, 0.25) is 0 Å². The van der Waals surface area contributed by atoms with E-state index in [1.54, 1.807) is 0 Å². The van der Waals surface area contributed by atoms with Gasteiger partial charge in [0.2, 0.25) is 0 Å². The van der Waals surface area contributed by atoms with E-state index in [4.69, 9.17) is 30.2 Å². The van der Waals surface area contributed by atoms with Crippen molar-refractivity contribution in [3.05, 3.63) is 29.7 Å². The Morgan fingerprint density at radius 1 is 1.45 bits per heavy atom. The highest BCUT2D eigenvalue weighted by molar-refractivity contribution is 5.31. The molecular weight excluding hydrogens is 250 g/mol. The highest BCUT2D eigenvalue weighted by atomic mass is 16.5. The molecule has 0 unspecified atom stereocenters. The summed E-state index contributed by atoms with van der Waals surface area (Å²) in [6.45, 7) is -7.45. The Bertz CT molecular complexity index is 1170. The summed E-state index contributed by atoms with van der Waals surface area (Å²) in [5.41, 5.74) is -6.06. The number of methoxy groups -OCH3 is 1. The van der Waals surface area contributed by atoms with Crippen molar-refractivity contribution < 1.29 is 40.0 Å². The lowest BCUT2D eigenvalue weighted by atomic mass is 9.72. The number of benzene rings is 1. The second-order valence-electron chi connectivity index (χ2n) is 3.86. The van der Waals surface area contributed by atoms with Crippen LogP contribution >= 0.6 is 0 Å². The van der Waals surface area contributed by atoms with Gasteiger partial charge in [-0.15, -0.1) is 0 Å². The first-order chi connectivity index (χ1) is 18.1. The van der Waals surface area contributed by atoms with Crippen LogP contribution < -0.4 is 4.74 Å². The summed E-state index contributed by atoms with van der Waals surface area (Å²) in [7, 11) is -2.85. The van der Waals surface area contributed by atoms with E-state index in [-0.39, 0.29) is 4.90 Å². The molecule has 1 aliphatic rings. The molecule has 1 aliphatic carbocycles. The maximum Gasteiger partial charge on any atom is 0.118 e. The Morgan fingerprint density at radius 3 is 2.75 bits per heavy atom. The van der Waals surface area contributed by atoms with E-state index in [2.05, 4.69) is 4.74 Å². The second-order valence-corrected chi connectivity index (χ2v) is 3.86. The van der Waals surface area contributed by atoms with E-state index >= 15 is 0 Å². The molecule has 1 aromatic rings. The molecule has 1 saturated carbocycles. The van der Waals surface area contributed by atoms with Crippen molar-refractivity contribution in [2.45, 2.75) is 43.4 Å². The average Bonchev–Trinajstić information content (AvgIpc) is 2.79. The van der Waals surface area contributed by atoms with Gasteiger partial charge in [0.25, 0.3) is 0 Å². The van der Waals surface area contributed by atoms with Gasteiger partial charge in [-0.05, 0) is 44.4 Å². The number of likely N-dealkylation sites (N-methyl/N-ethyl adjacent to an activating group) is 1. The Hall–Kier alpha value is -1.06. The van der Waals surface area contributed by atoms with Gasteiger partial charge in [0.1, 0.15) is 5.75 Å². The fourth-order valence-electron chi connectivity index (χ4n) is 1.53. The molecule has 0 amide bonds. The Labute approximate surface area is 153 Å². The van der Waals surface area contributed by atoms with Crippen LogP contribution in [0.5, 0.6) is 5.75 Å². The lowest BCUT2D eigenvalue weighted by Gasteiger charge is -2.40. The smallest absolute Gasteiger partial charge is 0.118 e.